The normalized spacial score (nSPS) is 12.4. The number of nitrogens with one attached hydrogen (secondary N) is 1. The molecule has 1 aromatic carbocycles. The van der Waals surface area contributed by atoms with Crippen LogP contribution in [0.1, 0.15) is 11.7 Å². The topological polar surface area (TPSA) is 67.2 Å². The average molecular weight is 301 g/mol. The van der Waals surface area contributed by atoms with Crippen molar-refractivity contribution in [3.05, 3.63) is 52.9 Å². The number of carbonyl (C=O) groups excluding carboxylic acids is 1. The summed E-state index contributed by atoms with van der Waals surface area (Å²) in [6, 6.07) is 9.58. The second kappa shape index (κ2) is 6.07. The fourth-order valence-corrected chi connectivity index (χ4v) is 2.84. The first-order valence-electron chi connectivity index (χ1n) is 6.61. The van der Waals surface area contributed by atoms with Crippen LogP contribution >= 0.6 is 11.3 Å². The van der Waals surface area contributed by atoms with E-state index < -0.39 is 6.10 Å². The van der Waals surface area contributed by atoms with Crippen molar-refractivity contribution in [3.8, 4) is 0 Å². The number of aliphatic hydroxyl groups is 1. The minimum atomic E-state index is -0.672. The fraction of sp³-hybridized carbons (Fsp3) is 0.200. The van der Waals surface area contributed by atoms with Gasteiger partial charge in [-0.15, -0.1) is 0 Å². The molecule has 0 aliphatic rings. The third-order valence-electron chi connectivity index (χ3n) is 3.26. The molecule has 0 aliphatic heterocycles. The van der Waals surface area contributed by atoms with Gasteiger partial charge in [0, 0.05) is 11.9 Å². The van der Waals surface area contributed by atoms with Crippen LogP contribution < -0.4 is 5.32 Å². The number of aliphatic hydroxyl groups excluding tert-OH is 1. The summed E-state index contributed by atoms with van der Waals surface area (Å²) >= 11 is 1.52. The van der Waals surface area contributed by atoms with Gasteiger partial charge in [-0.3, -0.25) is 9.48 Å². The van der Waals surface area contributed by atoms with Crippen LogP contribution in [0, 0.1) is 0 Å². The van der Waals surface area contributed by atoms with Gasteiger partial charge in [0.1, 0.15) is 6.54 Å². The Balaban J connectivity index is 1.59. The molecule has 0 radical (unpaired) electrons. The predicted octanol–water partition coefficient (Wildman–Crippen LogP) is 1.95. The number of aromatic nitrogens is 2. The first-order valence-corrected chi connectivity index (χ1v) is 7.56. The number of hydrogen-bond donors (Lipinski definition) is 2. The van der Waals surface area contributed by atoms with Crippen LogP contribution in [0.3, 0.4) is 0 Å². The summed E-state index contributed by atoms with van der Waals surface area (Å²) < 4.78 is 1.65. The third kappa shape index (κ3) is 3.12. The Morgan fingerprint density at radius 3 is 3.05 bits per heavy atom. The van der Waals surface area contributed by atoms with Gasteiger partial charge in [-0.1, -0.05) is 18.2 Å². The highest BCUT2D eigenvalue weighted by molar-refractivity contribution is 7.07. The molecule has 0 spiro atoms. The third-order valence-corrected chi connectivity index (χ3v) is 3.97. The molecule has 1 amide bonds. The summed E-state index contributed by atoms with van der Waals surface area (Å²) in [6.45, 7) is 0.346. The maximum absolute atomic E-state index is 11.9. The summed E-state index contributed by atoms with van der Waals surface area (Å²) in [7, 11) is 0. The molecule has 3 aromatic rings. The molecule has 0 fully saturated rings. The van der Waals surface area contributed by atoms with Gasteiger partial charge in [0.05, 0.1) is 17.8 Å². The Morgan fingerprint density at radius 2 is 2.24 bits per heavy atom. The molecule has 0 saturated carbocycles. The SMILES string of the molecule is O=C(Cn1ncc2ccccc21)NCC(O)c1ccsc1. The molecule has 0 bridgehead atoms. The van der Waals surface area contributed by atoms with E-state index >= 15 is 0 Å². The fourth-order valence-electron chi connectivity index (χ4n) is 2.14. The summed E-state index contributed by atoms with van der Waals surface area (Å²) in [5.41, 5.74) is 1.75. The van der Waals surface area contributed by atoms with Crippen LogP contribution in [0.25, 0.3) is 10.9 Å². The largest absolute Gasteiger partial charge is 0.387 e. The number of fused-ring (bicyclic) bond motifs is 1. The Bertz CT molecular complexity index is 736. The standard InChI is InChI=1S/C15H15N3O2S/c19-14(12-5-6-21-10-12)8-16-15(20)9-18-13-4-2-1-3-11(13)7-17-18/h1-7,10,14,19H,8-9H2,(H,16,20). The lowest BCUT2D eigenvalue weighted by atomic mass is 10.2. The van der Waals surface area contributed by atoms with Crippen LogP contribution in [0.2, 0.25) is 0 Å². The summed E-state index contributed by atoms with van der Waals surface area (Å²) in [5.74, 6) is -0.168. The summed E-state index contributed by atoms with van der Waals surface area (Å²) in [4.78, 5) is 11.9. The van der Waals surface area contributed by atoms with Crippen LogP contribution in [0.4, 0.5) is 0 Å². The van der Waals surface area contributed by atoms with Gasteiger partial charge in [-0.2, -0.15) is 16.4 Å². The Kier molecular flexibility index (Phi) is 3.98. The second-order valence-electron chi connectivity index (χ2n) is 4.74. The molecule has 2 N–H and O–H groups in total. The second-order valence-corrected chi connectivity index (χ2v) is 5.52. The van der Waals surface area contributed by atoms with Crippen molar-refractivity contribution in [2.24, 2.45) is 0 Å². The molecule has 1 unspecified atom stereocenters. The van der Waals surface area contributed by atoms with Gasteiger partial charge in [0.25, 0.3) is 0 Å². The highest BCUT2D eigenvalue weighted by atomic mass is 32.1. The van der Waals surface area contributed by atoms with Gasteiger partial charge in [0.2, 0.25) is 5.91 Å². The first-order chi connectivity index (χ1) is 10.2. The van der Waals surface area contributed by atoms with Crippen molar-refractivity contribution in [2.45, 2.75) is 12.6 Å². The van der Waals surface area contributed by atoms with Crippen LogP contribution in [-0.4, -0.2) is 27.3 Å². The molecule has 2 heterocycles. The Morgan fingerprint density at radius 1 is 1.38 bits per heavy atom. The van der Waals surface area contributed by atoms with E-state index in [1.165, 1.54) is 11.3 Å². The van der Waals surface area contributed by atoms with E-state index in [-0.39, 0.29) is 19.0 Å². The van der Waals surface area contributed by atoms with Crippen molar-refractivity contribution in [2.75, 3.05) is 6.54 Å². The lowest BCUT2D eigenvalue weighted by Crippen LogP contribution is -2.31. The molecule has 3 rings (SSSR count). The molecule has 0 aliphatic carbocycles. The Labute approximate surface area is 125 Å². The summed E-state index contributed by atoms with van der Waals surface area (Å²) in [6.07, 6.45) is 1.07. The van der Waals surface area contributed by atoms with Crippen molar-refractivity contribution in [1.29, 1.82) is 0 Å². The van der Waals surface area contributed by atoms with Crippen molar-refractivity contribution in [1.82, 2.24) is 15.1 Å². The molecule has 108 valence electrons. The number of nitrogens with zero attached hydrogens (tertiary/aromatic N) is 2. The molecule has 21 heavy (non-hydrogen) atoms. The summed E-state index contributed by atoms with van der Waals surface area (Å²) in [5, 5.41) is 21.6. The number of amides is 1. The maximum Gasteiger partial charge on any atom is 0.241 e. The quantitative estimate of drug-likeness (QED) is 0.757. The van der Waals surface area contributed by atoms with Gasteiger partial charge in [0.15, 0.2) is 0 Å². The minimum absolute atomic E-state index is 0.143. The number of carbonyl (C=O) groups is 1. The zero-order valence-corrected chi connectivity index (χ0v) is 12.1. The predicted molar refractivity (Wildman–Crippen MR) is 82.0 cm³/mol. The van der Waals surface area contributed by atoms with Crippen molar-refractivity contribution >= 4 is 28.1 Å². The van der Waals surface area contributed by atoms with E-state index in [1.807, 2.05) is 41.1 Å². The minimum Gasteiger partial charge on any atom is -0.387 e. The monoisotopic (exact) mass is 301 g/mol. The number of para-hydroxylation sites is 1. The number of thiophene rings is 1. The van der Waals surface area contributed by atoms with E-state index in [2.05, 4.69) is 10.4 Å². The van der Waals surface area contributed by atoms with E-state index in [4.69, 9.17) is 0 Å². The lowest BCUT2D eigenvalue weighted by molar-refractivity contribution is -0.122. The molecule has 6 heteroatoms. The highest BCUT2D eigenvalue weighted by Gasteiger charge is 2.11. The average Bonchev–Trinajstić information content (AvgIpc) is 3.15. The van der Waals surface area contributed by atoms with Gasteiger partial charge in [-0.05, 0) is 28.5 Å². The zero-order valence-electron chi connectivity index (χ0n) is 11.3. The lowest BCUT2D eigenvalue weighted by Gasteiger charge is -2.11. The van der Waals surface area contributed by atoms with Gasteiger partial charge < -0.3 is 10.4 Å². The van der Waals surface area contributed by atoms with Crippen LogP contribution in [-0.2, 0) is 11.3 Å². The first kappa shape index (κ1) is 13.8. The number of benzene rings is 1. The highest BCUT2D eigenvalue weighted by Crippen LogP contribution is 2.15. The maximum atomic E-state index is 11.9. The molecule has 5 nitrogen and oxygen atoms in total. The molecular weight excluding hydrogens is 286 g/mol. The van der Waals surface area contributed by atoms with Crippen molar-refractivity contribution in [3.63, 3.8) is 0 Å². The van der Waals surface area contributed by atoms with E-state index in [1.54, 1.807) is 10.9 Å². The number of rotatable bonds is 5. The molecule has 1 atom stereocenters. The Hall–Kier alpha value is -2.18. The van der Waals surface area contributed by atoms with E-state index in [0.29, 0.717) is 0 Å². The van der Waals surface area contributed by atoms with Crippen LogP contribution in [0.5, 0.6) is 0 Å². The number of hydrogen-bond acceptors (Lipinski definition) is 4. The van der Waals surface area contributed by atoms with E-state index in [9.17, 15) is 9.90 Å². The van der Waals surface area contributed by atoms with Gasteiger partial charge >= 0.3 is 0 Å². The van der Waals surface area contributed by atoms with Crippen molar-refractivity contribution < 1.29 is 9.90 Å². The van der Waals surface area contributed by atoms with Gasteiger partial charge in [-0.25, -0.2) is 0 Å². The smallest absolute Gasteiger partial charge is 0.241 e. The molecule has 2 aromatic heterocycles. The van der Waals surface area contributed by atoms with E-state index in [0.717, 1.165) is 16.5 Å². The van der Waals surface area contributed by atoms with Crippen LogP contribution in [0.15, 0.2) is 47.3 Å². The zero-order chi connectivity index (χ0) is 14.7. The molecule has 0 saturated heterocycles. The molecular formula is C15H15N3O2S.